The second-order valence-corrected chi connectivity index (χ2v) is 8.35. The van der Waals surface area contributed by atoms with Crippen LogP contribution >= 0.6 is 22.9 Å². The zero-order chi connectivity index (χ0) is 20.7. The van der Waals surface area contributed by atoms with Gasteiger partial charge in [0, 0.05) is 15.5 Å². The quantitative estimate of drug-likeness (QED) is 0.363. The number of rotatable bonds is 3. The number of halogens is 1. The van der Waals surface area contributed by atoms with Crippen LogP contribution in [0.15, 0.2) is 60.2 Å². The van der Waals surface area contributed by atoms with Gasteiger partial charge in [-0.05, 0) is 31.5 Å². The normalized spacial score (nSPS) is 18.4. The van der Waals surface area contributed by atoms with Crippen molar-refractivity contribution >= 4 is 45.5 Å². The SMILES string of the molecule is Cc1nc(N2C(=O)C(=O)/C(=C(/O)c3ccccc3)C2c2cccc(Cl)c2)sc1C. The summed E-state index contributed by atoms with van der Waals surface area (Å²) in [6.07, 6.45) is 0. The van der Waals surface area contributed by atoms with E-state index < -0.39 is 17.7 Å². The third-order valence-corrected chi connectivity index (χ3v) is 6.19. The third kappa shape index (κ3) is 3.34. The first-order valence-corrected chi connectivity index (χ1v) is 10.1. The predicted octanol–water partition coefficient (Wildman–Crippen LogP) is 5.04. The Morgan fingerprint density at radius 3 is 2.45 bits per heavy atom. The number of ketones is 1. The van der Waals surface area contributed by atoms with E-state index in [2.05, 4.69) is 4.98 Å². The van der Waals surface area contributed by atoms with Crippen molar-refractivity contribution < 1.29 is 14.7 Å². The van der Waals surface area contributed by atoms with Crippen molar-refractivity contribution in [3.05, 3.63) is 86.9 Å². The van der Waals surface area contributed by atoms with Gasteiger partial charge in [-0.3, -0.25) is 14.5 Å². The number of aliphatic hydroxyl groups is 1. The lowest BCUT2D eigenvalue weighted by Gasteiger charge is -2.23. The molecule has 3 aromatic rings. The van der Waals surface area contributed by atoms with Crippen LogP contribution in [-0.2, 0) is 9.59 Å². The number of aryl methyl sites for hydroxylation is 2. The highest BCUT2D eigenvalue weighted by molar-refractivity contribution is 7.16. The van der Waals surface area contributed by atoms with E-state index >= 15 is 0 Å². The first kappa shape index (κ1) is 19.4. The topological polar surface area (TPSA) is 70.5 Å². The van der Waals surface area contributed by atoms with E-state index in [0.717, 1.165) is 10.6 Å². The zero-order valence-electron chi connectivity index (χ0n) is 15.7. The first-order chi connectivity index (χ1) is 13.9. The molecule has 4 rings (SSSR count). The molecule has 1 fully saturated rings. The predicted molar refractivity (Wildman–Crippen MR) is 114 cm³/mol. The van der Waals surface area contributed by atoms with Gasteiger partial charge in [0.15, 0.2) is 5.13 Å². The smallest absolute Gasteiger partial charge is 0.301 e. The van der Waals surface area contributed by atoms with Crippen molar-refractivity contribution in [2.45, 2.75) is 19.9 Å². The number of anilines is 1. The summed E-state index contributed by atoms with van der Waals surface area (Å²) in [5.41, 5.74) is 1.90. The van der Waals surface area contributed by atoms with Crippen LogP contribution in [0, 0.1) is 13.8 Å². The number of Topliss-reactive ketones (excluding diaryl/α,β-unsaturated/α-hetero) is 1. The molecule has 5 nitrogen and oxygen atoms in total. The molecule has 2 aromatic carbocycles. The van der Waals surface area contributed by atoms with Gasteiger partial charge in [0.25, 0.3) is 5.78 Å². The number of thiazole rings is 1. The molecule has 0 saturated carbocycles. The lowest BCUT2D eigenvalue weighted by Crippen LogP contribution is -2.29. The number of hydrogen-bond donors (Lipinski definition) is 1. The summed E-state index contributed by atoms with van der Waals surface area (Å²) >= 11 is 7.52. The van der Waals surface area contributed by atoms with Crippen molar-refractivity contribution in [3.8, 4) is 0 Å². The van der Waals surface area contributed by atoms with E-state index in [1.165, 1.54) is 16.2 Å². The molecule has 1 aromatic heterocycles. The lowest BCUT2D eigenvalue weighted by molar-refractivity contribution is -0.132. The van der Waals surface area contributed by atoms with Crippen molar-refractivity contribution in [2.75, 3.05) is 4.90 Å². The summed E-state index contributed by atoms with van der Waals surface area (Å²) in [5, 5.41) is 11.9. The maximum absolute atomic E-state index is 13.0. The minimum atomic E-state index is -0.821. The summed E-state index contributed by atoms with van der Waals surface area (Å²) in [5.74, 6) is -1.69. The Labute approximate surface area is 176 Å². The molecule has 0 bridgehead atoms. The Balaban J connectivity index is 1.97. The molecule has 1 saturated heterocycles. The van der Waals surface area contributed by atoms with Crippen LogP contribution in [0.3, 0.4) is 0 Å². The highest BCUT2D eigenvalue weighted by atomic mass is 35.5. The van der Waals surface area contributed by atoms with Gasteiger partial charge in [0.05, 0.1) is 17.3 Å². The van der Waals surface area contributed by atoms with Crippen LogP contribution in [0.1, 0.15) is 27.7 Å². The van der Waals surface area contributed by atoms with Gasteiger partial charge in [-0.1, -0.05) is 54.1 Å². The number of carbonyl (C=O) groups excluding carboxylic acids is 2. The van der Waals surface area contributed by atoms with Crippen LogP contribution in [0.4, 0.5) is 5.13 Å². The Morgan fingerprint density at radius 1 is 1.10 bits per heavy atom. The molecule has 1 atom stereocenters. The van der Waals surface area contributed by atoms with Gasteiger partial charge in [-0.15, -0.1) is 11.3 Å². The summed E-state index contributed by atoms with van der Waals surface area (Å²) < 4.78 is 0. The summed E-state index contributed by atoms with van der Waals surface area (Å²) in [7, 11) is 0. The lowest BCUT2D eigenvalue weighted by atomic mass is 9.95. The minimum Gasteiger partial charge on any atom is -0.507 e. The minimum absolute atomic E-state index is 0.0222. The summed E-state index contributed by atoms with van der Waals surface area (Å²) in [4.78, 5) is 32.8. The largest absolute Gasteiger partial charge is 0.507 e. The van der Waals surface area contributed by atoms with E-state index in [1.807, 2.05) is 19.9 Å². The molecular formula is C22H17ClN2O3S. The second kappa shape index (κ2) is 7.46. The average Bonchev–Trinajstić information content (AvgIpc) is 3.18. The molecule has 1 aliphatic rings. The van der Waals surface area contributed by atoms with E-state index in [4.69, 9.17) is 11.6 Å². The monoisotopic (exact) mass is 424 g/mol. The Morgan fingerprint density at radius 2 is 1.83 bits per heavy atom. The number of carbonyl (C=O) groups is 2. The fraction of sp³-hybridized carbons (Fsp3) is 0.136. The maximum atomic E-state index is 13.0. The van der Waals surface area contributed by atoms with Crippen molar-refractivity contribution in [3.63, 3.8) is 0 Å². The average molecular weight is 425 g/mol. The van der Waals surface area contributed by atoms with Gasteiger partial charge in [-0.25, -0.2) is 4.98 Å². The second-order valence-electron chi connectivity index (χ2n) is 6.73. The maximum Gasteiger partial charge on any atom is 0.301 e. The fourth-order valence-electron chi connectivity index (χ4n) is 3.33. The van der Waals surface area contributed by atoms with E-state index in [9.17, 15) is 14.7 Å². The zero-order valence-corrected chi connectivity index (χ0v) is 17.3. The molecular weight excluding hydrogens is 408 g/mol. The molecule has 7 heteroatoms. The van der Waals surface area contributed by atoms with Gasteiger partial charge >= 0.3 is 5.91 Å². The van der Waals surface area contributed by atoms with Gasteiger partial charge < -0.3 is 5.11 Å². The van der Waals surface area contributed by atoms with Crippen molar-refractivity contribution in [2.24, 2.45) is 0 Å². The first-order valence-electron chi connectivity index (χ1n) is 8.94. The summed E-state index contributed by atoms with van der Waals surface area (Å²) in [6.45, 7) is 3.76. The fourth-order valence-corrected chi connectivity index (χ4v) is 4.47. The molecule has 1 N–H and O–H groups in total. The number of nitrogens with zero attached hydrogens (tertiary/aromatic N) is 2. The number of aromatic nitrogens is 1. The van der Waals surface area contributed by atoms with Gasteiger partial charge in [0.1, 0.15) is 5.76 Å². The molecule has 0 spiro atoms. The Hall–Kier alpha value is -2.96. The molecule has 1 aliphatic heterocycles. The number of hydrogen-bond acceptors (Lipinski definition) is 5. The Kier molecular flexibility index (Phi) is 4.98. The molecule has 0 aliphatic carbocycles. The number of amides is 1. The highest BCUT2D eigenvalue weighted by Crippen LogP contribution is 2.44. The van der Waals surface area contributed by atoms with Crippen LogP contribution in [0.2, 0.25) is 5.02 Å². The number of benzene rings is 2. The van der Waals surface area contributed by atoms with Crippen LogP contribution in [-0.4, -0.2) is 21.8 Å². The van der Waals surface area contributed by atoms with Crippen LogP contribution in [0.25, 0.3) is 5.76 Å². The molecule has 2 heterocycles. The van der Waals surface area contributed by atoms with E-state index in [1.54, 1.807) is 48.5 Å². The molecule has 1 amide bonds. The molecule has 146 valence electrons. The van der Waals surface area contributed by atoms with Gasteiger partial charge in [0.2, 0.25) is 0 Å². The van der Waals surface area contributed by atoms with Crippen molar-refractivity contribution in [1.29, 1.82) is 0 Å². The molecule has 1 unspecified atom stereocenters. The van der Waals surface area contributed by atoms with Crippen LogP contribution < -0.4 is 4.90 Å². The highest BCUT2D eigenvalue weighted by Gasteiger charge is 2.48. The summed E-state index contributed by atoms with van der Waals surface area (Å²) in [6, 6.07) is 14.8. The molecule has 29 heavy (non-hydrogen) atoms. The Bertz CT molecular complexity index is 1130. The van der Waals surface area contributed by atoms with Crippen molar-refractivity contribution in [1.82, 2.24) is 4.98 Å². The van der Waals surface area contributed by atoms with Gasteiger partial charge in [-0.2, -0.15) is 0 Å². The standard InChI is InChI=1S/C22H17ClN2O3S/c1-12-13(2)29-22(24-12)25-18(15-9-6-10-16(23)11-15)17(20(27)21(25)28)19(26)14-7-4-3-5-8-14/h3-11,18,26H,1-2H3/b19-17+. The third-order valence-electron chi connectivity index (χ3n) is 4.88. The number of aliphatic hydroxyl groups excluding tert-OH is 1. The van der Waals surface area contributed by atoms with E-state index in [-0.39, 0.29) is 11.3 Å². The van der Waals surface area contributed by atoms with Crippen LogP contribution in [0.5, 0.6) is 0 Å². The molecule has 0 radical (unpaired) electrons. The van der Waals surface area contributed by atoms with E-state index in [0.29, 0.717) is 21.3 Å².